The Balaban J connectivity index is 1.40. The van der Waals surface area contributed by atoms with Gasteiger partial charge in [-0.15, -0.1) is 11.3 Å². The SMILES string of the molecule is O=C(CSc1nc2ccc(N=Cc3ccc(I)cc3)cc2s1)Nc1ccccc1. The Bertz CT molecular complexity index is 1160. The minimum absolute atomic E-state index is 0.0386. The first-order valence-electron chi connectivity index (χ1n) is 8.84. The van der Waals surface area contributed by atoms with Crippen LogP contribution in [0.4, 0.5) is 11.4 Å². The molecule has 0 bridgehead atoms. The molecule has 0 radical (unpaired) electrons. The summed E-state index contributed by atoms with van der Waals surface area (Å²) in [4.78, 5) is 21.3. The van der Waals surface area contributed by atoms with E-state index in [9.17, 15) is 4.79 Å². The van der Waals surface area contributed by atoms with E-state index in [-0.39, 0.29) is 5.91 Å². The average molecular weight is 529 g/mol. The van der Waals surface area contributed by atoms with Gasteiger partial charge in [0.2, 0.25) is 5.91 Å². The third-order valence-electron chi connectivity index (χ3n) is 3.97. The van der Waals surface area contributed by atoms with E-state index < -0.39 is 0 Å². The second kappa shape index (κ2) is 9.51. The summed E-state index contributed by atoms with van der Waals surface area (Å²) in [7, 11) is 0. The molecule has 1 N–H and O–H groups in total. The van der Waals surface area contributed by atoms with Crippen LogP contribution in [0.2, 0.25) is 0 Å². The summed E-state index contributed by atoms with van der Waals surface area (Å²) in [5.41, 5.74) is 3.68. The van der Waals surface area contributed by atoms with Gasteiger partial charge >= 0.3 is 0 Å². The second-order valence-electron chi connectivity index (χ2n) is 6.14. The molecule has 1 aromatic heterocycles. The van der Waals surface area contributed by atoms with Crippen LogP contribution in [0, 0.1) is 3.57 Å². The van der Waals surface area contributed by atoms with E-state index in [1.807, 2.05) is 66.9 Å². The molecule has 4 nitrogen and oxygen atoms in total. The maximum absolute atomic E-state index is 12.1. The van der Waals surface area contributed by atoms with Gasteiger partial charge in [-0.3, -0.25) is 9.79 Å². The first kappa shape index (κ1) is 20.1. The number of fused-ring (bicyclic) bond motifs is 1. The number of hydrogen-bond donors (Lipinski definition) is 1. The summed E-state index contributed by atoms with van der Waals surface area (Å²) < 4.78 is 3.14. The molecule has 0 spiro atoms. The van der Waals surface area contributed by atoms with E-state index in [0.717, 1.165) is 31.5 Å². The van der Waals surface area contributed by atoms with Crippen molar-refractivity contribution in [2.75, 3.05) is 11.1 Å². The summed E-state index contributed by atoms with van der Waals surface area (Å²) in [6.45, 7) is 0. The molecule has 0 aliphatic rings. The third-order valence-corrected chi connectivity index (χ3v) is 6.85. The summed E-state index contributed by atoms with van der Waals surface area (Å²) in [5, 5.41) is 2.89. The van der Waals surface area contributed by atoms with Crippen molar-refractivity contribution in [3.8, 4) is 0 Å². The van der Waals surface area contributed by atoms with Gasteiger partial charge in [-0.2, -0.15) is 0 Å². The number of thioether (sulfide) groups is 1. The number of anilines is 1. The minimum atomic E-state index is -0.0386. The van der Waals surface area contributed by atoms with Crippen LogP contribution < -0.4 is 5.32 Å². The molecule has 1 heterocycles. The van der Waals surface area contributed by atoms with Crippen molar-refractivity contribution in [1.82, 2.24) is 4.98 Å². The lowest BCUT2D eigenvalue weighted by atomic mass is 10.2. The molecule has 144 valence electrons. The molecular weight excluding hydrogens is 513 g/mol. The number of amides is 1. The Hall–Kier alpha value is -2.23. The zero-order valence-electron chi connectivity index (χ0n) is 15.2. The fourth-order valence-corrected chi connectivity index (χ4v) is 4.84. The van der Waals surface area contributed by atoms with Crippen LogP contribution in [-0.4, -0.2) is 22.9 Å². The molecule has 29 heavy (non-hydrogen) atoms. The van der Waals surface area contributed by atoms with Gasteiger partial charge in [0.05, 0.1) is 21.7 Å². The molecule has 0 aliphatic heterocycles. The lowest BCUT2D eigenvalue weighted by Gasteiger charge is -2.03. The molecule has 0 fully saturated rings. The highest BCUT2D eigenvalue weighted by molar-refractivity contribution is 14.1. The fourth-order valence-electron chi connectivity index (χ4n) is 2.58. The number of benzene rings is 3. The molecule has 0 saturated heterocycles. The van der Waals surface area contributed by atoms with Gasteiger partial charge in [0.15, 0.2) is 4.34 Å². The quantitative estimate of drug-likeness (QED) is 0.179. The Kier molecular flexibility index (Phi) is 6.58. The zero-order chi connectivity index (χ0) is 20.1. The van der Waals surface area contributed by atoms with Crippen LogP contribution in [0.15, 0.2) is 82.1 Å². The van der Waals surface area contributed by atoms with Gasteiger partial charge in [-0.1, -0.05) is 42.1 Å². The van der Waals surface area contributed by atoms with E-state index in [1.165, 1.54) is 15.3 Å². The first-order valence-corrected chi connectivity index (χ1v) is 11.7. The number of nitrogens with one attached hydrogen (secondary N) is 1. The normalized spacial score (nSPS) is 11.2. The minimum Gasteiger partial charge on any atom is -0.325 e. The van der Waals surface area contributed by atoms with Crippen LogP contribution in [0.25, 0.3) is 10.2 Å². The van der Waals surface area contributed by atoms with Crippen LogP contribution in [0.5, 0.6) is 0 Å². The lowest BCUT2D eigenvalue weighted by molar-refractivity contribution is -0.113. The molecule has 0 unspecified atom stereocenters. The van der Waals surface area contributed by atoms with Gasteiger partial charge < -0.3 is 5.32 Å². The number of nitrogens with zero attached hydrogens (tertiary/aromatic N) is 2. The largest absolute Gasteiger partial charge is 0.325 e. The Morgan fingerprint density at radius 2 is 1.90 bits per heavy atom. The summed E-state index contributed by atoms with van der Waals surface area (Å²) in [6.07, 6.45) is 1.86. The van der Waals surface area contributed by atoms with Crippen molar-refractivity contribution in [2.24, 2.45) is 4.99 Å². The summed E-state index contributed by atoms with van der Waals surface area (Å²) in [5.74, 6) is 0.287. The smallest absolute Gasteiger partial charge is 0.234 e. The number of para-hydroxylation sites is 1. The Morgan fingerprint density at radius 3 is 2.69 bits per heavy atom. The highest BCUT2D eigenvalue weighted by Crippen LogP contribution is 2.32. The number of aromatic nitrogens is 1. The van der Waals surface area contributed by atoms with Gasteiger partial charge in [0.25, 0.3) is 0 Å². The predicted molar refractivity (Wildman–Crippen MR) is 132 cm³/mol. The molecule has 1 amide bonds. The van der Waals surface area contributed by atoms with E-state index in [4.69, 9.17) is 0 Å². The summed E-state index contributed by atoms with van der Waals surface area (Å²) >= 11 is 5.31. The van der Waals surface area contributed by atoms with Crippen molar-refractivity contribution in [2.45, 2.75) is 4.34 Å². The van der Waals surface area contributed by atoms with Gasteiger partial charge in [-0.25, -0.2) is 4.98 Å². The lowest BCUT2D eigenvalue weighted by Crippen LogP contribution is -2.13. The van der Waals surface area contributed by atoms with Gasteiger partial charge in [0.1, 0.15) is 0 Å². The van der Waals surface area contributed by atoms with E-state index in [1.54, 1.807) is 11.3 Å². The van der Waals surface area contributed by atoms with Crippen molar-refractivity contribution < 1.29 is 4.79 Å². The highest BCUT2D eigenvalue weighted by Gasteiger charge is 2.08. The second-order valence-corrected chi connectivity index (χ2v) is 9.64. The molecule has 0 aliphatic carbocycles. The first-order chi connectivity index (χ1) is 14.2. The molecule has 4 aromatic rings. The number of halogens is 1. The number of carbonyl (C=O) groups is 1. The average Bonchev–Trinajstić information content (AvgIpc) is 3.15. The van der Waals surface area contributed by atoms with Crippen molar-refractivity contribution in [3.05, 3.63) is 81.9 Å². The van der Waals surface area contributed by atoms with Crippen LogP contribution in [0.3, 0.4) is 0 Å². The fraction of sp³-hybridized carbons (Fsp3) is 0.0455. The zero-order valence-corrected chi connectivity index (χ0v) is 19.0. The topological polar surface area (TPSA) is 54.4 Å². The molecule has 0 atom stereocenters. The maximum Gasteiger partial charge on any atom is 0.234 e. The molecular formula is C22H16IN3OS2. The van der Waals surface area contributed by atoms with Crippen molar-refractivity contribution in [3.63, 3.8) is 0 Å². The number of aliphatic imine (C=N–C) groups is 1. The third kappa shape index (κ3) is 5.65. The van der Waals surface area contributed by atoms with Crippen LogP contribution in [0.1, 0.15) is 5.56 Å². The standard InChI is InChI=1S/C22H16IN3OS2/c23-16-8-6-15(7-9-16)13-24-18-10-11-19-20(12-18)29-22(26-19)28-14-21(27)25-17-4-2-1-3-5-17/h1-13H,14H2,(H,25,27). The molecule has 0 saturated carbocycles. The van der Waals surface area contributed by atoms with E-state index in [0.29, 0.717) is 5.75 Å². The van der Waals surface area contributed by atoms with Gasteiger partial charge in [0, 0.05) is 15.5 Å². The van der Waals surface area contributed by atoms with Crippen LogP contribution in [-0.2, 0) is 4.79 Å². The van der Waals surface area contributed by atoms with Crippen molar-refractivity contribution >= 4 is 79.4 Å². The highest BCUT2D eigenvalue weighted by atomic mass is 127. The van der Waals surface area contributed by atoms with Crippen molar-refractivity contribution in [1.29, 1.82) is 0 Å². The molecule has 4 rings (SSSR count). The van der Waals surface area contributed by atoms with E-state index in [2.05, 4.69) is 50.0 Å². The number of carbonyl (C=O) groups excluding carboxylic acids is 1. The monoisotopic (exact) mass is 529 g/mol. The molecule has 7 heteroatoms. The number of rotatable bonds is 6. The summed E-state index contributed by atoms with van der Waals surface area (Å²) in [6, 6.07) is 23.6. The maximum atomic E-state index is 12.1. The number of thiazole rings is 1. The predicted octanol–water partition coefficient (Wildman–Crippen LogP) is 6.38. The van der Waals surface area contributed by atoms with Crippen LogP contribution >= 0.6 is 45.7 Å². The molecule has 3 aromatic carbocycles. The van der Waals surface area contributed by atoms with Gasteiger partial charge in [-0.05, 0) is 70.6 Å². The number of hydrogen-bond acceptors (Lipinski definition) is 5. The van der Waals surface area contributed by atoms with E-state index >= 15 is 0 Å². The Labute approximate surface area is 190 Å². The Morgan fingerprint density at radius 1 is 1.10 bits per heavy atom.